The van der Waals surface area contributed by atoms with Crippen LogP contribution < -0.4 is 10.5 Å². The molecule has 9 atom stereocenters. The molecule has 6 rings (SSSR count). The smallest absolute Gasteiger partial charge is 0.303 e. The second-order valence-electron chi connectivity index (χ2n) is 14.6. The number of aryl methyl sites for hydroxylation is 1. The number of nitrogens with zero attached hydrogens (tertiary/aromatic N) is 1. The van der Waals surface area contributed by atoms with E-state index in [1.807, 2.05) is 42.5 Å². The van der Waals surface area contributed by atoms with Crippen LogP contribution in [0.25, 0.3) is 0 Å². The molecule has 3 heterocycles. The standard InChI is InChI=1S/C42H50F2N2O9S/c1-6-27-9-10-28(37-39(51-23(2)47)40(52-24(3)48)41(53-25(4)49)42(55-37)56-5)18-29(27)17-26-7-12-32(13-8-26)54-33-15-16-46(21-33)31-20-36(45)38(50-22-31)34-19-30(43)11-14-35(34)44/h7-14,18-19,31,33,36-42H,6,15-17,20-22,45H2,1-5H3/t31-,33-,36+,37+,38-,39+,40-,41+,42-/m1/s1. The fourth-order valence-corrected chi connectivity index (χ4v) is 8.71. The van der Waals surface area contributed by atoms with Crippen LogP contribution in [0.2, 0.25) is 0 Å². The van der Waals surface area contributed by atoms with E-state index in [0.29, 0.717) is 26.0 Å². The van der Waals surface area contributed by atoms with Crippen LogP contribution in [0.15, 0.2) is 60.7 Å². The quantitative estimate of drug-likeness (QED) is 0.171. The lowest BCUT2D eigenvalue weighted by atomic mass is 9.89. The van der Waals surface area contributed by atoms with Crippen LogP contribution in [0.4, 0.5) is 8.78 Å². The second kappa shape index (κ2) is 18.5. The lowest BCUT2D eigenvalue weighted by molar-refractivity contribution is -0.233. The third kappa shape index (κ3) is 9.89. The molecule has 0 spiro atoms. The van der Waals surface area contributed by atoms with E-state index in [-0.39, 0.29) is 17.7 Å². The van der Waals surface area contributed by atoms with E-state index >= 15 is 0 Å². The number of esters is 3. The molecular weight excluding hydrogens is 747 g/mol. The predicted molar refractivity (Wildman–Crippen MR) is 205 cm³/mol. The molecule has 11 nitrogen and oxygen atoms in total. The zero-order valence-corrected chi connectivity index (χ0v) is 33.1. The van der Waals surface area contributed by atoms with Gasteiger partial charge in [0.1, 0.15) is 41.1 Å². The Hall–Kier alpha value is -4.08. The van der Waals surface area contributed by atoms with Crippen molar-refractivity contribution in [3.63, 3.8) is 0 Å². The number of nitrogens with two attached hydrogens (primary N) is 1. The number of halogens is 2. The number of hydrogen-bond acceptors (Lipinski definition) is 12. The summed E-state index contributed by atoms with van der Waals surface area (Å²) in [4.78, 5) is 38.9. The third-order valence-electron chi connectivity index (χ3n) is 10.6. The monoisotopic (exact) mass is 796 g/mol. The van der Waals surface area contributed by atoms with Crippen LogP contribution >= 0.6 is 11.8 Å². The summed E-state index contributed by atoms with van der Waals surface area (Å²) in [5.74, 6) is -2.07. The lowest BCUT2D eigenvalue weighted by Gasteiger charge is -2.44. The Kier molecular flexibility index (Phi) is 13.7. The van der Waals surface area contributed by atoms with Gasteiger partial charge in [-0.25, -0.2) is 8.78 Å². The predicted octanol–water partition coefficient (Wildman–Crippen LogP) is 5.98. The average Bonchev–Trinajstić information content (AvgIpc) is 3.63. The van der Waals surface area contributed by atoms with Crippen molar-refractivity contribution in [1.29, 1.82) is 0 Å². The van der Waals surface area contributed by atoms with Gasteiger partial charge in [-0.1, -0.05) is 37.3 Å². The third-order valence-corrected chi connectivity index (χ3v) is 11.4. The van der Waals surface area contributed by atoms with Crippen molar-refractivity contribution in [2.24, 2.45) is 5.73 Å². The molecule has 3 fully saturated rings. The Labute approximate surface area is 330 Å². The van der Waals surface area contributed by atoms with Gasteiger partial charge in [0.25, 0.3) is 0 Å². The number of carbonyl (C=O) groups excluding carboxylic acids is 3. The van der Waals surface area contributed by atoms with Crippen LogP contribution in [0, 0.1) is 11.6 Å². The van der Waals surface area contributed by atoms with Gasteiger partial charge in [-0.3, -0.25) is 19.3 Å². The van der Waals surface area contributed by atoms with Crippen molar-refractivity contribution in [2.75, 3.05) is 26.0 Å². The summed E-state index contributed by atoms with van der Waals surface area (Å²) in [5.41, 5.74) is 9.86. The number of ether oxygens (including phenoxy) is 6. The molecule has 0 aliphatic carbocycles. The highest BCUT2D eigenvalue weighted by Crippen LogP contribution is 2.41. The molecule has 0 unspecified atom stereocenters. The van der Waals surface area contributed by atoms with Gasteiger partial charge in [-0.05, 0) is 84.5 Å². The first-order chi connectivity index (χ1) is 26.8. The number of rotatable bonds is 12. The maximum Gasteiger partial charge on any atom is 0.303 e. The zero-order valence-electron chi connectivity index (χ0n) is 32.3. The number of thioether (sulfide) groups is 1. The highest BCUT2D eigenvalue weighted by Gasteiger charge is 2.52. The molecule has 56 heavy (non-hydrogen) atoms. The van der Waals surface area contributed by atoms with Crippen LogP contribution in [0.3, 0.4) is 0 Å². The minimum absolute atomic E-state index is 0.0270. The summed E-state index contributed by atoms with van der Waals surface area (Å²) in [6.45, 7) is 7.74. The average molecular weight is 797 g/mol. The topological polar surface area (TPSA) is 136 Å². The van der Waals surface area contributed by atoms with Gasteiger partial charge in [0, 0.05) is 51.5 Å². The summed E-state index contributed by atoms with van der Waals surface area (Å²) < 4.78 is 64.1. The van der Waals surface area contributed by atoms with Crippen molar-refractivity contribution < 1.29 is 51.6 Å². The number of benzene rings is 3. The van der Waals surface area contributed by atoms with Gasteiger partial charge in [0.2, 0.25) is 0 Å². The number of carbonyl (C=O) groups is 3. The summed E-state index contributed by atoms with van der Waals surface area (Å²) in [5, 5.41) is 0. The summed E-state index contributed by atoms with van der Waals surface area (Å²) in [7, 11) is 0. The largest absolute Gasteiger partial charge is 0.489 e. The molecule has 0 bridgehead atoms. The SMILES string of the molecule is CCc1ccc([C@@H]2O[C@H](SC)[C@@H](OC(C)=O)[C@H](OC(C)=O)[C@H]2OC(C)=O)cc1Cc1ccc(O[C@@H]2CCN([C@H]3CO[C@H](c4cc(F)ccc4F)[C@@H](N)C3)C2)cc1. The van der Waals surface area contributed by atoms with Gasteiger partial charge in [-0.2, -0.15) is 0 Å². The molecule has 3 saturated heterocycles. The van der Waals surface area contributed by atoms with Crippen molar-refractivity contribution in [3.8, 4) is 5.75 Å². The summed E-state index contributed by atoms with van der Waals surface area (Å²) in [6, 6.07) is 16.9. The van der Waals surface area contributed by atoms with Crippen molar-refractivity contribution in [2.45, 2.75) is 108 Å². The van der Waals surface area contributed by atoms with E-state index in [1.54, 1.807) is 6.26 Å². The Bertz CT molecular complexity index is 1870. The second-order valence-corrected chi connectivity index (χ2v) is 15.5. The first-order valence-electron chi connectivity index (χ1n) is 19.0. The Morgan fingerprint density at radius 2 is 1.57 bits per heavy atom. The van der Waals surface area contributed by atoms with Crippen molar-refractivity contribution in [3.05, 3.63) is 100 Å². The van der Waals surface area contributed by atoms with E-state index in [4.69, 9.17) is 34.2 Å². The minimum atomic E-state index is -1.09. The van der Waals surface area contributed by atoms with E-state index in [9.17, 15) is 23.2 Å². The van der Waals surface area contributed by atoms with Crippen molar-refractivity contribution in [1.82, 2.24) is 4.90 Å². The van der Waals surface area contributed by atoms with Crippen molar-refractivity contribution >= 4 is 29.7 Å². The first-order valence-corrected chi connectivity index (χ1v) is 20.3. The van der Waals surface area contributed by atoms with Gasteiger partial charge in [-0.15, -0.1) is 11.8 Å². The molecule has 3 aliphatic heterocycles. The molecule has 3 aliphatic rings. The van der Waals surface area contributed by atoms with E-state index in [1.165, 1.54) is 32.5 Å². The van der Waals surface area contributed by atoms with Crippen LogP contribution in [0.1, 0.15) is 80.6 Å². The molecule has 0 amide bonds. The Morgan fingerprint density at radius 1 is 0.875 bits per heavy atom. The number of likely N-dealkylation sites (tertiary alicyclic amines) is 1. The molecule has 302 valence electrons. The fourth-order valence-electron chi connectivity index (χ4n) is 8.00. The molecule has 0 saturated carbocycles. The Morgan fingerprint density at radius 3 is 2.23 bits per heavy atom. The molecule has 0 aromatic heterocycles. The minimum Gasteiger partial charge on any atom is -0.489 e. The van der Waals surface area contributed by atoms with Gasteiger partial charge < -0.3 is 34.2 Å². The zero-order chi connectivity index (χ0) is 40.1. The summed E-state index contributed by atoms with van der Waals surface area (Å²) >= 11 is 1.30. The summed E-state index contributed by atoms with van der Waals surface area (Å²) in [6.07, 6.45) is -0.0809. The molecule has 0 radical (unpaired) electrons. The van der Waals surface area contributed by atoms with E-state index in [0.717, 1.165) is 65.6 Å². The van der Waals surface area contributed by atoms with Crippen LogP contribution in [-0.4, -0.2) is 90.7 Å². The highest BCUT2D eigenvalue weighted by atomic mass is 32.2. The maximum atomic E-state index is 14.4. The Balaban J connectivity index is 1.11. The molecule has 14 heteroatoms. The molecule has 2 N–H and O–H groups in total. The van der Waals surface area contributed by atoms with Gasteiger partial charge in [0.15, 0.2) is 18.3 Å². The van der Waals surface area contributed by atoms with Gasteiger partial charge >= 0.3 is 17.9 Å². The van der Waals surface area contributed by atoms with E-state index in [2.05, 4.69) is 11.8 Å². The molecule has 3 aromatic carbocycles. The first kappa shape index (κ1) is 41.6. The number of hydrogen-bond donors (Lipinski definition) is 1. The highest BCUT2D eigenvalue weighted by molar-refractivity contribution is 7.99. The van der Waals surface area contributed by atoms with Gasteiger partial charge in [0.05, 0.1) is 6.61 Å². The van der Waals surface area contributed by atoms with E-state index < -0.39 is 71.5 Å². The molecule has 3 aromatic rings. The fraction of sp³-hybridized carbons (Fsp3) is 0.500. The molecular formula is C42H50F2N2O9S. The maximum absolute atomic E-state index is 14.4. The van der Waals surface area contributed by atoms with Crippen LogP contribution in [-0.2, 0) is 50.9 Å². The lowest BCUT2D eigenvalue weighted by Crippen LogP contribution is -2.57. The normalized spacial score (nSPS) is 28.0. The van der Waals surface area contributed by atoms with Crippen LogP contribution in [0.5, 0.6) is 5.75 Å².